The molecule has 0 amide bonds. The minimum absolute atomic E-state index is 0.287. The first-order valence-corrected chi connectivity index (χ1v) is 6.41. The third kappa shape index (κ3) is 4.78. The van der Waals surface area contributed by atoms with Crippen LogP contribution in [-0.4, -0.2) is 45.2 Å². The van der Waals surface area contributed by atoms with Crippen LogP contribution in [0, 0.1) is 0 Å². The fourth-order valence-corrected chi connectivity index (χ4v) is 1.78. The van der Waals surface area contributed by atoms with E-state index in [2.05, 4.69) is 5.32 Å². The van der Waals surface area contributed by atoms with Crippen molar-refractivity contribution in [3.63, 3.8) is 0 Å². The number of aliphatic hydroxyl groups is 1. The van der Waals surface area contributed by atoms with E-state index in [4.69, 9.17) is 25.8 Å². The van der Waals surface area contributed by atoms with Crippen molar-refractivity contribution in [1.29, 1.82) is 0 Å². The van der Waals surface area contributed by atoms with Gasteiger partial charge in [0.25, 0.3) is 0 Å². The van der Waals surface area contributed by atoms with Crippen LogP contribution in [0.15, 0.2) is 12.1 Å². The summed E-state index contributed by atoms with van der Waals surface area (Å²) in [5.41, 5.74) is 0.698. The maximum Gasteiger partial charge on any atom is 0.145 e. The van der Waals surface area contributed by atoms with Crippen LogP contribution in [0.5, 0.6) is 11.5 Å². The van der Waals surface area contributed by atoms with E-state index in [0.717, 1.165) is 0 Å². The van der Waals surface area contributed by atoms with Gasteiger partial charge in [-0.2, -0.15) is 0 Å². The Morgan fingerprint density at radius 1 is 1.26 bits per heavy atom. The molecule has 1 aromatic rings. The number of benzene rings is 1. The second-order valence-electron chi connectivity index (χ2n) is 3.88. The molecule has 0 bridgehead atoms. The van der Waals surface area contributed by atoms with Crippen molar-refractivity contribution in [2.45, 2.75) is 13.0 Å². The monoisotopic (exact) mass is 289 g/mol. The predicted molar refractivity (Wildman–Crippen MR) is 75.5 cm³/mol. The number of aliphatic hydroxyl groups excluding tert-OH is 1. The SMILES string of the molecule is CCOCC(O)CNc1cc(Cl)c(OC)cc1OC. The van der Waals surface area contributed by atoms with E-state index in [1.807, 2.05) is 6.92 Å². The van der Waals surface area contributed by atoms with E-state index >= 15 is 0 Å². The van der Waals surface area contributed by atoms with Crippen LogP contribution in [0.3, 0.4) is 0 Å². The molecule has 1 unspecified atom stereocenters. The zero-order valence-electron chi connectivity index (χ0n) is 11.4. The van der Waals surface area contributed by atoms with Crippen LogP contribution in [0.25, 0.3) is 0 Å². The van der Waals surface area contributed by atoms with Gasteiger partial charge in [-0.3, -0.25) is 0 Å². The summed E-state index contributed by atoms with van der Waals surface area (Å²) in [4.78, 5) is 0. The van der Waals surface area contributed by atoms with Gasteiger partial charge >= 0.3 is 0 Å². The Morgan fingerprint density at radius 3 is 2.53 bits per heavy atom. The van der Waals surface area contributed by atoms with Crippen molar-refractivity contribution in [1.82, 2.24) is 0 Å². The standard InChI is InChI=1S/C13H20ClNO4/c1-4-19-8-9(16)7-15-11-5-10(14)12(17-2)6-13(11)18-3/h5-6,9,15-16H,4,7-8H2,1-3H3. The lowest BCUT2D eigenvalue weighted by atomic mass is 10.2. The highest BCUT2D eigenvalue weighted by Gasteiger charge is 2.11. The van der Waals surface area contributed by atoms with Gasteiger partial charge in [0.05, 0.1) is 37.6 Å². The Balaban J connectivity index is 2.69. The lowest BCUT2D eigenvalue weighted by molar-refractivity contribution is 0.0495. The first kappa shape index (κ1) is 15.9. The maximum absolute atomic E-state index is 9.69. The van der Waals surface area contributed by atoms with Gasteiger partial charge in [0.2, 0.25) is 0 Å². The molecule has 0 spiro atoms. The fraction of sp³-hybridized carbons (Fsp3) is 0.538. The Morgan fingerprint density at radius 2 is 1.95 bits per heavy atom. The molecular formula is C13H20ClNO4. The molecule has 0 radical (unpaired) electrons. The van der Waals surface area contributed by atoms with Crippen LogP contribution in [0.2, 0.25) is 5.02 Å². The van der Waals surface area contributed by atoms with E-state index in [1.54, 1.807) is 26.4 Å². The average Bonchev–Trinajstić information content (AvgIpc) is 2.42. The first-order chi connectivity index (χ1) is 9.12. The van der Waals surface area contributed by atoms with Crippen LogP contribution in [0.1, 0.15) is 6.92 Å². The molecule has 5 nitrogen and oxygen atoms in total. The lowest BCUT2D eigenvalue weighted by Gasteiger charge is -2.16. The molecule has 0 heterocycles. The third-order valence-electron chi connectivity index (χ3n) is 2.52. The van der Waals surface area contributed by atoms with Gasteiger partial charge in [0, 0.05) is 19.2 Å². The van der Waals surface area contributed by atoms with Crippen LogP contribution in [-0.2, 0) is 4.74 Å². The summed E-state index contributed by atoms with van der Waals surface area (Å²) in [5, 5.41) is 13.2. The second-order valence-corrected chi connectivity index (χ2v) is 4.29. The zero-order valence-corrected chi connectivity index (χ0v) is 12.2. The van der Waals surface area contributed by atoms with E-state index in [1.165, 1.54) is 0 Å². The van der Waals surface area contributed by atoms with Crippen LogP contribution >= 0.6 is 11.6 Å². The summed E-state index contributed by atoms with van der Waals surface area (Å²) in [6, 6.07) is 3.40. The molecule has 6 heteroatoms. The molecule has 0 aliphatic heterocycles. The molecular weight excluding hydrogens is 270 g/mol. The van der Waals surface area contributed by atoms with Crippen LogP contribution < -0.4 is 14.8 Å². The predicted octanol–water partition coefficient (Wildman–Crippen LogP) is 2.17. The molecule has 0 fully saturated rings. The highest BCUT2D eigenvalue weighted by Crippen LogP contribution is 2.35. The van der Waals surface area contributed by atoms with Crippen molar-refractivity contribution >= 4 is 17.3 Å². The zero-order chi connectivity index (χ0) is 14.3. The summed E-state index contributed by atoms with van der Waals surface area (Å²) < 4.78 is 15.5. The van der Waals surface area contributed by atoms with E-state index < -0.39 is 6.10 Å². The molecule has 1 atom stereocenters. The van der Waals surface area contributed by atoms with E-state index in [9.17, 15) is 5.11 Å². The number of hydrogen-bond acceptors (Lipinski definition) is 5. The molecule has 19 heavy (non-hydrogen) atoms. The highest BCUT2D eigenvalue weighted by molar-refractivity contribution is 6.32. The molecule has 0 saturated carbocycles. The summed E-state index contributed by atoms with van der Waals surface area (Å²) in [6.45, 7) is 3.09. The first-order valence-electron chi connectivity index (χ1n) is 6.03. The Hall–Kier alpha value is -1.17. The van der Waals surface area contributed by atoms with E-state index in [0.29, 0.717) is 35.4 Å². The highest BCUT2D eigenvalue weighted by atomic mass is 35.5. The number of hydrogen-bond donors (Lipinski definition) is 2. The lowest BCUT2D eigenvalue weighted by Crippen LogP contribution is -2.25. The van der Waals surface area contributed by atoms with Crippen molar-refractivity contribution in [3.05, 3.63) is 17.2 Å². The minimum atomic E-state index is -0.592. The Bertz CT molecular complexity index is 400. The Labute approximate surface area is 118 Å². The molecule has 1 aromatic carbocycles. The van der Waals surface area contributed by atoms with Gasteiger partial charge in [-0.1, -0.05) is 11.6 Å². The molecule has 1 rings (SSSR count). The normalized spacial score (nSPS) is 12.1. The van der Waals surface area contributed by atoms with Gasteiger partial charge in [-0.25, -0.2) is 0 Å². The van der Waals surface area contributed by atoms with Crippen molar-refractivity contribution in [2.75, 3.05) is 39.3 Å². The van der Waals surface area contributed by atoms with Gasteiger partial charge in [0.1, 0.15) is 11.5 Å². The van der Waals surface area contributed by atoms with Gasteiger partial charge in [-0.15, -0.1) is 0 Å². The Kier molecular flexibility index (Phi) is 6.77. The van der Waals surface area contributed by atoms with Crippen molar-refractivity contribution in [3.8, 4) is 11.5 Å². The van der Waals surface area contributed by atoms with Crippen molar-refractivity contribution in [2.24, 2.45) is 0 Å². The molecule has 0 saturated heterocycles. The quantitative estimate of drug-likeness (QED) is 0.768. The van der Waals surface area contributed by atoms with Gasteiger partial charge in [-0.05, 0) is 13.0 Å². The van der Waals surface area contributed by atoms with Crippen molar-refractivity contribution < 1.29 is 19.3 Å². The van der Waals surface area contributed by atoms with Gasteiger partial charge < -0.3 is 24.6 Å². The number of ether oxygens (including phenoxy) is 3. The number of nitrogens with one attached hydrogen (secondary N) is 1. The molecule has 108 valence electrons. The summed E-state index contributed by atoms with van der Waals surface area (Å²) in [7, 11) is 3.10. The molecule has 2 N–H and O–H groups in total. The van der Waals surface area contributed by atoms with Crippen LogP contribution in [0.4, 0.5) is 5.69 Å². The summed E-state index contributed by atoms with van der Waals surface area (Å²) in [6.07, 6.45) is -0.592. The number of methoxy groups -OCH3 is 2. The second kappa shape index (κ2) is 8.09. The van der Waals surface area contributed by atoms with E-state index in [-0.39, 0.29) is 6.61 Å². The summed E-state index contributed by atoms with van der Waals surface area (Å²) in [5.74, 6) is 1.14. The number of rotatable bonds is 8. The largest absolute Gasteiger partial charge is 0.495 e. The molecule has 0 aromatic heterocycles. The molecule has 0 aliphatic carbocycles. The number of anilines is 1. The fourth-order valence-electron chi connectivity index (χ4n) is 1.54. The minimum Gasteiger partial charge on any atom is -0.495 e. The summed E-state index contributed by atoms with van der Waals surface area (Å²) >= 11 is 6.05. The maximum atomic E-state index is 9.69. The topological polar surface area (TPSA) is 60.0 Å². The average molecular weight is 290 g/mol. The number of halogens is 1. The smallest absolute Gasteiger partial charge is 0.145 e. The third-order valence-corrected chi connectivity index (χ3v) is 2.81. The van der Waals surface area contributed by atoms with Gasteiger partial charge in [0.15, 0.2) is 0 Å². The molecule has 0 aliphatic rings.